The van der Waals surface area contributed by atoms with Crippen LogP contribution in [-0.2, 0) is 0 Å². The predicted octanol–water partition coefficient (Wildman–Crippen LogP) is 2.60. The van der Waals surface area contributed by atoms with E-state index in [0.717, 1.165) is 0 Å². The molecule has 1 aromatic heterocycles. The summed E-state index contributed by atoms with van der Waals surface area (Å²) in [5, 5.41) is 13.7. The molecule has 0 saturated heterocycles. The fourth-order valence-electron chi connectivity index (χ4n) is 1.23. The van der Waals surface area contributed by atoms with Crippen molar-refractivity contribution >= 4 is 11.5 Å². The van der Waals surface area contributed by atoms with E-state index in [1.165, 1.54) is 12.1 Å². The van der Waals surface area contributed by atoms with Gasteiger partial charge in [0, 0.05) is 6.54 Å². The van der Waals surface area contributed by atoms with E-state index in [4.69, 9.17) is 4.74 Å². The fraction of sp³-hybridized carbons (Fsp3) is 0.545. The Labute approximate surface area is 100 Å². The van der Waals surface area contributed by atoms with Crippen LogP contribution >= 0.6 is 0 Å². The van der Waals surface area contributed by atoms with Gasteiger partial charge in [0.2, 0.25) is 5.88 Å². The Bertz CT molecular complexity index is 413. The zero-order valence-electron chi connectivity index (χ0n) is 10.5. The second-order valence-electron chi connectivity index (χ2n) is 4.55. The first-order valence-electron chi connectivity index (χ1n) is 5.41. The van der Waals surface area contributed by atoms with Crippen LogP contribution in [0.15, 0.2) is 12.1 Å². The van der Waals surface area contributed by atoms with Gasteiger partial charge in [0.05, 0.1) is 17.1 Å². The van der Waals surface area contributed by atoms with Crippen molar-refractivity contribution in [2.75, 3.05) is 11.9 Å². The van der Waals surface area contributed by atoms with E-state index in [9.17, 15) is 10.1 Å². The highest BCUT2D eigenvalue weighted by Gasteiger charge is 2.17. The van der Waals surface area contributed by atoms with Crippen molar-refractivity contribution in [3.63, 3.8) is 0 Å². The van der Waals surface area contributed by atoms with Gasteiger partial charge >= 0.3 is 0 Å². The van der Waals surface area contributed by atoms with E-state index in [0.29, 0.717) is 12.4 Å². The van der Waals surface area contributed by atoms with Gasteiger partial charge in [-0.25, -0.2) is 0 Å². The molecule has 1 N–H and O–H groups in total. The topological polar surface area (TPSA) is 77.3 Å². The third-order valence-electron chi connectivity index (χ3n) is 1.77. The number of hydrogen-bond donors (Lipinski definition) is 1. The van der Waals surface area contributed by atoms with Crippen LogP contribution in [0.2, 0.25) is 0 Å². The number of hydrogen-bond acceptors (Lipinski definition) is 5. The van der Waals surface area contributed by atoms with Gasteiger partial charge in [0.1, 0.15) is 11.4 Å². The molecule has 0 aliphatic heterocycles. The minimum absolute atomic E-state index is 0.0322. The standard InChI is InChI=1S/C11H17N3O3/c1-5-12-9-6-8(14(15)16)7-10(13-9)17-11(2,3)4/h6-7H,5H2,1-4H3,(H,12,13). The van der Waals surface area contributed by atoms with Crippen molar-refractivity contribution in [1.82, 2.24) is 4.98 Å². The molecule has 0 fully saturated rings. The third kappa shape index (κ3) is 4.26. The van der Waals surface area contributed by atoms with E-state index < -0.39 is 10.5 Å². The van der Waals surface area contributed by atoms with Crippen molar-refractivity contribution in [2.24, 2.45) is 0 Å². The molecule has 1 aromatic rings. The van der Waals surface area contributed by atoms with E-state index >= 15 is 0 Å². The highest BCUT2D eigenvalue weighted by atomic mass is 16.6. The first-order chi connectivity index (χ1) is 7.81. The molecule has 0 radical (unpaired) electrons. The maximum Gasteiger partial charge on any atom is 0.278 e. The van der Waals surface area contributed by atoms with E-state index in [2.05, 4.69) is 10.3 Å². The first kappa shape index (κ1) is 13.2. The van der Waals surface area contributed by atoms with Crippen molar-refractivity contribution in [3.8, 4) is 5.88 Å². The zero-order chi connectivity index (χ0) is 13.1. The Hall–Kier alpha value is -1.85. The minimum Gasteiger partial charge on any atom is -0.472 e. The second-order valence-corrected chi connectivity index (χ2v) is 4.55. The van der Waals surface area contributed by atoms with Gasteiger partial charge in [0.15, 0.2) is 0 Å². The van der Waals surface area contributed by atoms with Gasteiger partial charge in [-0.05, 0) is 27.7 Å². The monoisotopic (exact) mass is 239 g/mol. The fourth-order valence-corrected chi connectivity index (χ4v) is 1.23. The van der Waals surface area contributed by atoms with Gasteiger partial charge in [0.25, 0.3) is 5.69 Å². The van der Waals surface area contributed by atoms with Crippen LogP contribution in [0.3, 0.4) is 0 Å². The number of nitro groups is 1. The molecule has 0 bridgehead atoms. The molecule has 0 atom stereocenters. The maximum absolute atomic E-state index is 10.8. The van der Waals surface area contributed by atoms with Gasteiger partial charge in [-0.1, -0.05) is 0 Å². The number of nitrogens with zero attached hydrogens (tertiary/aromatic N) is 2. The molecule has 1 heterocycles. The molecule has 94 valence electrons. The van der Waals surface area contributed by atoms with Crippen molar-refractivity contribution in [1.29, 1.82) is 0 Å². The maximum atomic E-state index is 10.8. The normalized spacial score (nSPS) is 11.1. The summed E-state index contributed by atoms with van der Waals surface area (Å²) in [4.78, 5) is 14.5. The van der Waals surface area contributed by atoms with Crippen molar-refractivity contribution in [3.05, 3.63) is 22.2 Å². The van der Waals surface area contributed by atoms with E-state index in [-0.39, 0.29) is 11.6 Å². The zero-order valence-corrected chi connectivity index (χ0v) is 10.5. The molecular weight excluding hydrogens is 222 g/mol. The summed E-state index contributed by atoms with van der Waals surface area (Å²) in [5.41, 5.74) is -0.471. The Morgan fingerprint density at radius 3 is 2.59 bits per heavy atom. The molecule has 6 nitrogen and oxygen atoms in total. The number of aromatic nitrogens is 1. The van der Waals surface area contributed by atoms with Crippen LogP contribution in [0.5, 0.6) is 5.88 Å². The Balaban J connectivity index is 3.07. The van der Waals surface area contributed by atoms with Gasteiger partial charge in [-0.2, -0.15) is 4.98 Å². The molecule has 6 heteroatoms. The molecule has 0 aromatic carbocycles. The molecule has 0 aliphatic carbocycles. The average molecular weight is 239 g/mol. The van der Waals surface area contributed by atoms with E-state index in [1.54, 1.807) is 0 Å². The lowest BCUT2D eigenvalue weighted by atomic mass is 10.2. The Morgan fingerprint density at radius 1 is 1.47 bits per heavy atom. The molecule has 0 spiro atoms. The summed E-state index contributed by atoms with van der Waals surface area (Å²) in [6.45, 7) is 8.12. The summed E-state index contributed by atoms with van der Waals surface area (Å²) in [6.07, 6.45) is 0. The lowest BCUT2D eigenvalue weighted by Crippen LogP contribution is -2.23. The molecule has 0 amide bonds. The number of nitrogens with one attached hydrogen (secondary N) is 1. The second kappa shape index (κ2) is 4.99. The van der Waals surface area contributed by atoms with Crippen LogP contribution in [-0.4, -0.2) is 22.1 Å². The predicted molar refractivity (Wildman–Crippen MR) is 65.4 cm³/mol. The molecule has 0 saturated carbocycles. The van der Waals surface area contributed by atoms with Gasteiger partial charge < -0.3 is 10.1 Å². The van der Waals surface area contributed by atoms with Crippen molar-refractivity contribution < 1.29 is 9.66 Å². The van der Waals surface area contributed by atoms with Crippen LogP contribution < -0.4 is 10.1 Å². The Kier molecular flexibility index (Phi) is 3.88. The van der Waals surface area contributed by atoms with Gasteiger partial charge in [-0.15, -0.1) is 0 Å². The van der Waals surface area contributed by atoms with Crippen LogP contribution in [0.1, 0.15) is 27.7 Å². The Morgan fingerprint density at radius 2 is 2.12 bits per heavy atom. The molecule has 1 rings (SSSR count). The summed E-state index contributed by atoms with van der Waals surface area (Å²) in [5.74, 6) is 0.698. The SMILES string of the molecule is CCNc1cc([N+](=O)[O-])cc(OC(C)(C)C)n1. The third-order valence-corrected chi connectivity index (χ3v) is 1.77. The smallest absolute Gasteiger partial charge is 0.278 e. The highest BCUT2D eigenvalue weighted by molar-refractivity contribution is 5.48. The summed E-state index contributed by atoms with van der Waals surface area (Å²) >= 11 is 0. The quantitative estimate of drug-likeness (QED) is 0.645. The number of ether oxygens (including phenoxy) is 1. The number of anilines is 1. The highest BCUT2D eigenvalue weighted by Crippen LogP contribution is 2.24. The van der Waals surface area contributed by atoms with Crippen LogP contribution in [0, 0.1) is 10.1 Å². The largest absolute Gasteiger partial charge is 0.472 e. The van der Waals surface area contributed by atoms with Crippen LogP contribution in [0.4, 0.5) is 11.5 Å². The molecule has 0 unspecified atom stereocenters. The summed E-state index contributed by atoms with van der Waals surface area (Å²) in [7, 11) is 0. The van der Waals surface area contributed by atoms with Crippen molar-refractivity contribution in [2.45, 2.75) is 33.3 Å². The molecular formula is C11H17N3O3. The number of rotatable bonds is 4. The van der Waals surface area contributed by atoms with Gasteiger partial charge in [-0.3, -0.25) is 10.1 Å². The lowest BCUT2D eigenvalue weighted by molar-refractivity contribution is -0.384. The average Bonchev–Trinajstić information content (AvgIpc) is 2.14. The summed E-state index contributed by atoms with van der Waals surface area (Å²) < 4.78 is 5.52. The first-order valence-corrected chi connectivity index (χ1v) is 5.41. The molecule has 17 heavy (non-hydrogen) atoms. The lowest BCUT2D eigenvalue weighted by Gasteiger charge is -2.20. The number of pyridine rings is 1. The molecule has 0 aliphatic rings. The van der Waals surface area contributed by atoms with E-state index in [1.807, 2.05) is 27.7 Å². The van der Waals surface area contributed by atoms with Crippen LogP contribution in [0.25, 0.3) is 0 Å². The summed E-state index contributed by atoms with van der Waals surface area (Å²) in [6, 6.07) is 2.71. The minimum atomic E-state index is -0.460.